The third-order valence-corrected chi connectivity index (χ3v) is 3.24. The Balaban J connectivity index is 2.27. The lowest BCUT2D eigenvalue weighted by Gasteiger charge is -2.05. The van der Waals surface area contributed by atoms with Gasteiger partial charge in [0, 0.05) is 16.5 Å². The van der Waals surface area contributed by atoms with Gasteiger partial charge in [-0.25, -0.2) is 4.79 Å². The van der Waals surface area contributed by atoms with Gasteiger partial charge in [0.25, 0.3) is 0 Å². The van der Waals surface area contributed by atoms with Gasteiger partial charge in [-0.1, -0.05) is 46.3 Å². The summed E-state index contributed by atoms with van der Waals surface area (Å²) in [7, 11) is 0. The van der Waals surface area contributed by atoms with Crippen molar-refractivity contribution in [3.8, 4) is 0 Å². The van der Waals surface area contributed by atoms with Gasteiger partial charge >= 0.3 is 5.97 Å². The topological polar surface area (TPSA) is 54.4 Å². The number of hydrogen-bond donors (Lipinski definition) is 1. The molecule has 2 aromatic rings. The first-order chi connectivity index (χ1) is 9.08. The van der Waals surface area contributed by atoms with E-state index < -0.39 is 5.97 Å². The maximum atomic E-state index is 12.1. The normalized spacial score (nSPS) is 10.2. The van der Waals surface area contributed by atoms with Crippen molar-refractivity contribution in [1.82, 2.24) is 0 Å². The fourth-order valence-electron chi connectivity index (χ4n) is 1.82. The van der Waals surface area contributed by atoms with Crippen LogP contribution in [0.2, 0.25) is 0 Å². The SMILES string of the molecule is O=C(Cc1ccccc1C(=O)O)c1cccc(Br)c1. The molecule has 0 atom stereocenters. The van der Waals surface area contributed by atoms with E-state index >= 15 is 0 Å². The Hall–Kier alpha value is -1.94. The average Bonchev–Trinajstić information content (AvgIpc) is 2.39. The molecule has 2 rings (SSSR count). The minimum Gasteiger partial charge on any atom is -0.478 e. The number of rotatable bonds is 4. The second-order valence-corrected chi connectivity index (χ2v) is 4.99. The number of carbonyl (C=O) groups is 2. The Bertz CT molecular complexity index is 635. The minimum absolute atomic E-state index is 0.0823. The van der Waals surface area contributed by atoms with Crippen LogP contribution in [-0.2, 0) is 6.42 Å². The zero-order valence-corrected chi connectivity index (χ0v) is 11.6. The van der Waals surface area contributed by atoms with Crippen molar-refractivity contribution in [2.75, 3.05) is 0 Å². The fraction of sp³-hybridized carbons (Fsp3) is 0.0667. The minimum atomic E-state index is -1.02. The van der Waals surface area contributed by atoms with Gasteiger partial charge in [0.15, 0.2) is 5.78 Å². The van der Waals surface area contributed by atoms with Crippen molar-refractivity contribution in [3.05, 3.63) is 69.7 Å². The molecule has 1 N–H and O–H groups in total. The number of carboxylic acid groups (broad SMARTS) is 1. The molecule has 0 aliphatic rings. The molecule has 0 fully saturated rings. The van der Waals surface area contributed by atoms with Gasteiger partial charge in [-0.05, 0) is 23.8 Å². The van der Waals surface area contributed by atoms with Crippen molar-refractivity contribution in [1.29, 1.82) is 0 Å². The van der Waals surface area contributed by atoms with E-state index in [9.17, 15) is 9.59 Å². The predicted octanol–water partition coefficient (Wildman–Crippen LogP) is 3.57. The molecule has 0 saturated heterocycles. The summed E-state index contributed by atoms with van der Waals surface area (Å²) in [5.74, 6) is -1.12. The highest BCUT2D eigenvalue weighted by Crippen LogP contribution is 2.16. The van der Waals surface area contributed by atoms with Gasteiger partial charge in [-0.15, -0.1) is 0 Å². The zero-order chi connectivity index (χ0) is 13.8. The van der Waals surface area contributed by atoms with Gasteiger partial charge in [-0.3, -0.25) is 4.79 Å². The molecule has 4 heteroatoms. The summed E-state index contributed by atoms with van der Waals surface area (Å²) in [6.07, 6.45) is 0.0823. The smallest absolute Gasteiger partial charge is 0.335 e. The second-order valence-electron chi connectivity index (χ2n) is 4.07. The monoisotopic (exact) mass is 318 g/mol. The first-order valence-corrected chi connectivity index (χ1v) is 6.47. The highest BCUT2D eigenvalue weighted by atomic mass is 79.9. The van der Waals surface area contributed by atoms with Crippen molar-refractivity contribution in [2.24, 2.45) is 0 Å². The standard InChI is InChI=1S/C15H11BrO3/c16-12-6-3-5-11(8-12)14(17)9-10-4-1-2-7-13(10)15(18)19/h1-8H,9H2,(H,18,19). The molecule has 96 valence electrons. The van der Waals surface area contributed by atoms with Gasteiger partial charge < -0.3 is 5.11 Å². The summed E-state index contributed by atoms with van der Waals surface area (Å²) < 4.78 is 0.824. The molecule has 0 amide bonds. The predicted molar refractivity (Wildman–Crippen MR) is 75.6 cm³/mol. The maximum absolute atomic E-state index is 12.1. The zero-order valence-electron chi connectivity index (χ0n) is 9.97. The lowest BCUT2D eigenvalue weighted by Crippen LogP contribution is -2.08. The quantitative estimate of drug-likeness (QED) is 0.877. The molecule has 19 heavy (non-hydrogen) atoms. The van der Waals surface area contributed by atoms with Crippen LogP contribution in [0, 0.1) is 0 Å². The van der Waals surface area contributed by atoms with Crippen LogP contribution in [0.15, 0.2) is 53.0 Å². The Morgan fingerprint density at radius 1 is 1.05 bits per heavy atom. The lowest BCUT2D eigenvalue weighted by atomic mass is 9.99. The van der Waals surface area contributed by atoms with Crippen molar-refractivity contribution in [2.45, 2.75) is 6.42 Å². The van der Waals surface area contributed by atoms with E-state index in [4.69, 9.17) is 5.11 Å². The van der Waals surface area contributed by atoms with Crippen molar-refractivity contribution >= 4 is 27.7 Å². The van der Waals surface area contributed by atoms with Gasteiger partial charge in [0.05, 0.1) is 5.56 Å². The molecule has 0 spiro atoms. The third kappa shape index (κ3) is 3.29. The summed E-state index contributed by atoms with van der Waals surface area (Å²) in [6, 6.07) is 13.6. The lowest BCUT2D eigenvalue weighted by molar-refractivity contribution is 0.0696. The highest BCUT2D eigenvalue weighted by Gasteiger charge is 2.13. The molecule has 0 radical (unpaired) electrons. The molecule has 0 unspecified atom stereocenters. The number of Topliss-reactive ketones (excluding diaryl/α,β-unsaturated/α-hetero) is 1. The van der Waals surface area contributed by atoms with Crippen LogP contribution >= 0.6 is 15.9 Å². The van der Waals surface area contributed by atoms with E-state index in [0.29, 0.717) is 11.1 Å². The van der Waals surface area contributed by atoms with Crippen LogP contribution in [0.3, 0.4) is 0 Å². The average molecular weight is 319 g/mol. The summed E-state index contributed by atoms with van der Waals surface area (Å²) in [6.45, 7) is 0. The largest absolute Gasteiger partial charge is 0.478 e. The van der Waals surface area contributed by atoms with Crippen LogP contribution in [-0.4, -0.2) is 16.9 Å². The van der Waals surface area contributed by atoms with Crippen LogP contribution in [0.4, 0.5) is 0 Å². The summed E-state index contributed by atoms with van der Waals surface area (Å²) >= 11 is 3.31. The number of ketones is 1. The second kappa shape index (κ2) is 5.80. The molecule has 2 aromatic carbocycles. The number of halogens is 1. The molecule has 3 nitrogen and oxygen atoms in total. The van der Waals surface area contributed by atoms with E-state index in [-0.39, 0.29) is 17.8 Å². The van der Waals surface area contributed by atoms with E-state index in [1.54, 1.807) is 36.4 Å². The number of hydrogen-bond acceptors (Lipinski definition) is 2. The van der Waals surface area contributed by atoms with Gasteiger partial charge in [-0.2, -0.15) is 0 Å². The van der Waals surface area contributed by atoms with Gasteiger partial charge in [0.2, 0.25) is 0 Å². The molecule has 0 aromatic heterocycles. The van der Waals surface area contributed by atoms with Crippen LogP contribution in [0.25, 0.3) is 0 Å². The van der Waals surface area contributed by atoms with Gasteiger partial charge in [0.1, 0.15) is 0 Å². The first kappa shape index (κ1) is 13.5. The van der Waals surface area contributed by atoms with Crippen LogP contribution in [0.1, 0.15) is 26.3 Å². The fourth-order valence-corrected chi connectivity index (χ4v) is 2.22. The van der Waals surface area contributed by atoms with Crippen molar-refractivity contribution in [3.63, 3.8) is 0 Å². The van der Waals surface area contributed by atoms with E-state index in [1.807, 2.05) is 6.07 Å². The molecule has 0 aliphatic carbocycles. The summed E-state index contributed by atoms with van der Waals surface area (Å²) in [4.78, 5) is 23.2. The molecule has 0 saturated carbocycles. The highest BCUT2D eigenvalue weighted by molar-refractivity contribution is 9.10. The molecule has 0 aliphatic heterocycles. The van der Waals surface area contributed by atoms with Crippen LogP contribution in [0.5, 0.6) is 0 Å². The number of carboxylic acids is 1. The molecular formula is C15H11BrO3. The number of carbonyl (C=O) groups excluding carboxylic acids is 1. The summed E-state index contributed by atoms with van der Waals surface area (Å²) in [5.41, 5.74) is 1.26. The first-order valence-electron chi connectivity index (χ1n) is 5.68. The Morgan fingerprint density at radius 3 is 2.47 bits per heavy atom. The Morgan fingerprint density at radius 2 is 1.79 bits per heavy atom. The molecule has 0 bridgehead atoms. The number of aromatic carboxylic acids is 1. The van der Waals surface area contributed by atoms with Crippen LogP contribution < -0.4 is 0 Å². The number of benzene rings is 2. The summed E-state index contributed by atoms with van der Waals surface area (Å²) in [5, 5.41) is 9.07. The van der Waals surface area contributed by atoms with E-state index in [2.05, 4.69) is 15.9 Å². The van der Waals surface area contributed by atoms with E-state index in [0.717, 1.165) is 4.47 Å². The molecular weight excluding hydrogens is 308 g/mol. The van der Waals surface area contributed by atoms with E-state index in [1.165, 1.54) is 6.07 Å². The maximum Gasteiger partial charge on any atom is 0.335 e. The molecule has 0 heterocycles. The Kier molecular flexibility index (Phi) is 4.12. The third-order valence-electron chi connectivity index (χ3n) is 2.75. The van der Waals surface area contributed by atoms with Crippen molar-refractivity contribution < 1.29 is 14.7 Å². The Labute approximate surface area is 119 Å².